The summed E-state index contributed by atoms with van der Waals surface area (Å²) in [6.07, 6.45) is 1.65. The van der Waals surface area contributed by atoms with Crippen LogP contribution in [0, 0.1) is 5.92 Å². The fraction of sp³-hybridized carbons (Fsp3) is 0.400. The number of anilines is 2. The number of nitrogens with one attached hydrogen (secondary N) is 1. The highest BCUT2D eigenvalue weighted by molar-refractivity contribution is 6.24. The van der Waals surface area contributed by atoms with Crippen LogP contribution in [0.4, 0.5) is 11.4 Å². The average Bonchev–Trinajstić information content (AvgIpc) is 3.06. The fourth-order valence-corrected chi connectivity index (χ4v) is 3.23. The lowest BCUT2D eigenvalue weighted by Crippen LogP contribution is -2.33. The van der Waals surface area contributed by atoms with Crippen LogP contribution in [0.5, 0.6) is 0 Å². The summed E-state index contributed by atoms with van der Waals surface area (Å²) in [5.74, 6) is -1.14. The van der Waals surface area contributed by atoms with Crippen molar-refractivity contribution >= 4 is 29.1 Å². The van der Waals surface area contributed by atoms with Crippen molar-refractivity contribution in [3.8, 4) is 0 Å². The van der Waals surface area contributed by atoms with E-state index in [1.54, 1.807) is 24.3 Å². The summed E-state index contributed by atoms with van der Waals surface area (Å²) in [6.45, 7) is 1.42. The van der Waals surface area contributed by atoms with Crippen LogP contribution >= 0.6 is 0 Å². The number of hydrogen-bond donors (Lipinski definition) is 1. The normalized spacial score (nSPS) is 27.4. The van der Waals surface area contributed by atoms with E-state index in [1.165, 1.54) is 11.8 Å². The van der Waals surface area contributed by atoms with Crippen molar-refractivity contribution in [3.05, 3.63) is 24.3 Å². The van der Waals surface area contributed by atoms with Crippen LogP contribution in [0.15, 0.2) is 34.5 Å². The van der Waals surface area contributed by atoms with Crippen LogP contribution in [-0.4, -0.2) is 29.3 Å². The predicted molar refractivity (Wildman–Crippen MR) is 77.3 cm³/mol. The lowest BCUT2D eigenvalue weighted by Gasteiger charge is -2.17. The van der Waals surface area contributed by atoms with Crippen LogP contribution in [0.2, 0.25) is 0 Å². The van der Waals surface area contributed by atoms with E-state index in [9.17, 15) is 14.4 Å². The zero-order chi connectivity index (χ0) is 15.5. The number of hydrogen-bond acceptors (Lipinski definition) is 5. The van der Waals surface area contributed by atoms with Gasteiger partial charge in [0, 0.05) is 12.6 Å². The number of carbonyl (C=O) groups is 3. The maximum Gasteiger partial charge on any atom is 0.261 e. The molecule has 1 saturated carbocycles. The molecule has 3 aliphatic rings. The Labute approximate surface area is 126 Å². The van der Waals surface area contributed by atoms with Crippen molar-refractivity contribution in [1.29, 1.82) is 0 Å². The van der Waals surface area contributed by atoms with E-state index in [2.05, 4.69) is 15.5 Å². The molecule has 2 unspecified atom stereocenters. The minimum Gasteiger partial charge on any atom is -0.326 e. The van der Waals surface area contributed by atoms with E-state index in [4.69, 9.17) is 0 Å². The largest absolute Gasteiger partial charge is 0.326 e. The molecule has 1 spiro atoms. The summed E-state index contributed by atoms with van der Waals surface area (Å²) in [7, 11) is 0. The van der Waals surface area contributed by atoms with Gasteiger partial charge < -0.3 is 5.32 Å². The van der Waals surface area contributed by atoms with Crippen molar-refractivity contribution in [2.45, 2.75) is 31.3 Å². The van der Waals surface area contributed by atoms with Crippen LogP contribution in [0.3, 0.4) is 0 Å². The first-order chi connectivity index (χ1) is 10.5. The van der Waals surface area contributed by atoms with Crippen molar-refractivity contribution in [1.82, 2.24) is 0 Å². The molecule has 1 N–H and O–H groups in total. The number of fused-ring (bicyclic) bond motifs is 2. The van der Waals surface area contributed by atoms with E-state index in [1.807, 2.05) is 0 Å². The summed E-state index contributed by atoms with van der Waals surface area (Å²) in [4.78, 5) is 37.3. The summed E-state index contributed by atoms with van der Waals surface area (Å²) in [5.41, 5.74) is 0.709. The van der Waals surface area contributed by atoms with E-state index in [0.29, 0.717) is 11.4 Å². The quantitative estimate of drug-likeness (QED) is 0.839. The Hall–Kier alpha value is -2.57. The van der Waals surface area contributed by atoms with Gasteiger partial charge in [0.05, 0.1) is 17.1 Å². The molecule has 2 fully saturated rings. The molecule has 2 atom stereocenters. The Morgan fingerprint density at radius 1 is 1.23 bits per heavy atom. The van der Waals surface area contributed by atoms with Crippen molar-refractivity contribution in [2.75, 3.05) is 10.2 Å². The molecule has 2 aliphatic heterocycles. The molecule has 2 heterocycles. The van der Waals surface area contributed by atoms with E-state index in [-0.39, 0.29) is 17.7 Å². The maximum atomic E-state index is 12.6. The molecule has 0 bridgehead atoms. The van der Waals surface area contributed by atoms with Gasteiger partial charge >= 0.3 is 0 Å². The highest BCUT2D eigenvalue weighted by atomic mass is 16.2. The summed E-state index contributed by atoms with van der Waals surface area (Å²) >= 11 is 0. The summed E-state index contributed by atoms with van der Waals surface area (Å²) in [6, 6.07) is 5.97. The standard InChI is InChI=1S/C15H14N4O3/c1-8(20)16-9-2-4-10(5-3-9)19-13(21)11-12(14(19)22)17-18-15(11)6-7-15/h2-5,11-12H,6-7H2,1H3,(H,16,20). The van der Waals surface area contributed by atoms with Crippen LogP contribution in [0.25, 0.3) is 0 Å². The van der Waals surface area contributed by atoms with Gasteiger partial charge in [-0.3, -0.25) is 14.4 Å². The second-order valence-corrected chi connectivity index (χ2v) is 5.98. The van der Waals surface area contributed by atoms with Crippen LogP contribution < -0.4 is 10.2 Å². The topological polar surface area (TPSA) is 91.2 Å². The van der Waals surface area contributed by atoms with Gasteiger partial charge in [-0.2, -0.15) is 10.2 Å². The monoisotopic (exact) mass is 298 g/mol. The van der Waals surface area contributed by atoms with Gasteiger partial charge in [0.25, 0.3) is 5.91 Å². The lowest BCUT2D eigenvalue weighted by molar-refractivity contribution is -0.122. The zero-order valence-corrected chi connectivity index (χ0v) is 11.9. The molecule has 0 radical (unpaired) electrons. The highest BCUT2D eigenvalue weighted by Gasteiger charge is 2.67. The average molecular weight is 298 g/mol. The van der Waals surface area contributed by atoms with Gasteiger partial charge in [0.1, 0.15) is 0 Å². The molecular formula is C15H14N4O3. The predicted octanol–water partition coefficient (Wildman–Crippen LogP) is 1.50. The van der Waals surface area contributed by atoms with Gasteiger partial charge in [-0.25, -0.2) is 4.90 Å². The molecule has 7 heteroatoms. The van der Waals surface area contributed by atoms with Gasteiger partial charge in [-0.15, -0.1) is 0 Å². The van der Waals surface area contributed by atoms with Crippen LogP contribution in [0.1, 0.15) is 19.8 Å². The maximum absolute atomic E-state index is 12.6. The van der Waals surface area contributed by atoms with E-state index < -0.39 is 17.5 Å². The SMILES string of the molecule is CC(=O)Nc1ccc(N2C(=O)C3N=NC4(CC4)C3C2=O)cc1. The second kappa shape index (κ2) is 4.22. The smallest absolute Gasteiger partial charge is 0.261 e. The van der Waals surface area contributed by atoms with Gasteiger partial charge in [-0.05, 0) is 37.1 Å². The Morgan fingerprint density at radius 2 is 1.91 bits per heavy atom. The number of nitrogens with zero attached hydrogens (tertiary/aromatic N) is 3. The minimum atomic E-state index is -0.662. The summed E-state index contributed by atoms with van der Waals surface area (Å²) < 4.78 is 0. The molecule has 1 aromatic carbocycles. The number of carbonyl (C=O) groups excluding carboxylic acids is 3. The first-order valence-corrected chi connectivity index (χ1v) is 7.19. The molecule has 1 saturated heterocycles. The molecule has 3 amide bonds. The van der Waals surface area contributed by atoms with Crippen molar-refractivity contribution in [2.24, 2.45) is 16.1 Å². The summed E-state index contributed by atoms with van der Waals surface area (Å²) in [5, 5.41) is 10.8. The molecular weight excluding hydrogens is 284 g/mol. The minimum absolute atomic E-state index is 0.174. The molecule has 0 aromatic heterocycles. The molecule has 1 aliphatic carbocycles. The first kappa shape index (κ1) is 13.1. The van der Waals surface area contributed by atoms with Crippen molar-refractivity contribution < 1.29 is 14.4 Å². The molecule has 112 valence electrons. The Kier molecular flexibility index (Phi) is 2.52. The lowest BCUT2D eigenvalue weighted by atomic mass is 9.94. The Morgan fingerprint density at radius 3 is 2.50 bits per heavy atom. The zero-order valence-electron chi connectivity index (χ0n) is 11.9. The Bertz CT molecular complexity index is 721. The third-order valence-electron chi connectivity index (χ3n) is 4.44. The number of benzene rings is 1. The second-order valence-electron chi connectivity index (χ2n) is 5.98. The third kappa shape index (κ3) is 1.71. The number of rotatable bonds is 2. The van der Waals surface area contributed by atoms with Crippen LogP contribution in [-0.2, 0) is 14.4 Å². The molecule has 22 heavy (non-hydrogen) atoms. The third-order valence-corrected chi connectivity index (χ3v) is 4.44. The van der Waals surface area contributed by atoms with Crippen molar-refractivity contribution in [3.63, 3.8) is 0 Å². The number of imide groups is 1. The Balaban J connectivity index is 1.63. The van der Waals surface area contributed by atoms with E-state index >= 15 is 0 Å². The molecule has 7 nitrogen and oxygen atoms in total. The van der Waals surface area contributed by atoms with Gasteiger partial charge in [0.2, 0.25) is 11.8 Å². The number of azo groups is 1. The highest BCUT2D eigenvalue weighted by Crippen LogP contribution is 2.55. The van der Waals surface area contributed by atoms with Gasteiger partial charge in [0.15, 0.2) is 6.04 Å². The van der Waals surface area contributed by atoms with Gasteiger partial charge in [-0.1, -0.05) is 0 Å². The molecule has 1 aromatic rings. The molecule has 4 rings (SSSR count). The first-order valence-electron chi connectivity index (χ1n) is 7.19. The van der Waals surface area contributed by atoms with E-state index in [0.717, 1.165) is 12.8 Å². The fourth-order valence-electron chi connectivity index (χ4n) is 3.23. The number of amides is 3.